The average molecular weight is 328 g/mol. The van der Waals surface area contributed by atoms with Crippen LogP contribution in [-0.2, 0) is 11.2 Å². The van der Waals surface area contributed by atoms with Crippen LogP contribution in [0.5, 0.6) is 11.5 Å². The zero-order chi connectivity index (χ0) is 17.7. The van der Waals surface area contributed by atoms with Gasteiger partial charge in [0.1, 0.15) is 0 Å². The first kappa shape index (κ1) is 17.3. The zero-order valence-corrected chi connectivity index (χ0v) is 13.9. The summed E-state index contributed by atoms with van der Waals surface area (Å²) >= 11 is 0. The third-order valence-electron chi connectivity index (χ3n) is 3.51. The van der Waals surface area contributed by atoms with Gasteiger partial charge in [-0.1, -0.05) is 29.8 Å². The van der Waals surface area contributed by atoms with Crippen molar-refractivity contribution in [3.05, 3.63) is 53.1 Å². The Morgan fingerprint density at radius 3 is 2.33 bits per heavy atom. The van der Waals surface area contributed by atoms with Gasteiger partial charge in [0.15, 0.2) is 11.5 Å². The fourth-order valence-corrected chi connectivity index (χ4v) is 2.39. The van der Waals surface area contributed by atoms with Crippen molar-refractivity contribution >= 4 is 17.5 Å². The second-order valence-electron chi connectivity index (χ2n) is 5.33. The van der Waals surface area contributed by atoms with Crippen molar-refractivity contribution in [3.8, 4) is 11.5 Å². The van der Waals surface area contributed by atoms with Gasteiger partial charge in [-0.25, -0.2) is 0 Å². The molecule has 0 unspecified atom stereocenters. The monoisotopic (exact) mass is 328 g/mol. The number of amides is 2. The first-order chi connectivity index (χ1) is 11.4. The van der Waals surface area contributed by atoms with Crippen LogP contribution in [0.3, 0.4) is 0 Å². The molecule has 0 bridgehead atoms. The van der Waals surface area contributed by atoms with Gasteiger partial charge in [0, 0.05) is 6.07 Å². The Hall–Kier alpha value is -3.02. The lowest BCUT2D eigenvalue weighted by Crippen LogP contribution is -2.20. The first-order valence-electron chi connectivity index (χ1n) is 7.35. The summed E-state index contributed by atoms with van der Waals surface area (Å²) in [5, 5.41) is 2.71. The maximum Gasteiger partial charge on any atom is 0.250 e. The minimum atomic E-state index is -0.665. The molecule has 3 N–H and O–H groups in total. The SMILES string of the molecule is COc1cc(NC(=O)Cc2cccc(C)c2)c(C(N)=O)cc1OC. The van der Waals surface area contributed by atoms with Crippen LogP contribution in [0.4, 0.5) is 5.69 Å². The van der Waals surface area contributed by atoms with Crippen LogP contribution in [0.15, 0.2) is 36.4 Å². The smallest absolute Gasteiger partial charge is 0.250 e. The molecule has 0 heterocycles. The van der Waals surface area contributed by atoms with Gasteiger partial charge in [-0.05, 0) is 18.6 Å². The fraction of sp³-hybridized carbons (Fsp3) is 0.222. The van der Waals surface area contributed by atoms with Gasteiger partial charge in [0.2, 0.25) is 5.91 Å². The van der Waals surface area contributed by atoms with Crippen molar-refractivity contribution in [1.82, 2.24) is 0 Å². The van der Waals surface area contributed by atoms with E-state index in [9.17, 15) is 9.59 Å². The molecule has 0 spiro atoms. The van der Waals surface area contributed by atoms with E-state index in [1.165, 1.54) is 26.4 Å². The van der Waals surface area contributed by atoms with Crippen LogP contribution in [0.1, 0.15) is 21.5 Å². The van der Waals surface area contributed by atoms with E-state index >= 15 is 0 Å². The third-order valence-corrected chi connectivity index (χ3v) is 3.51. The first-order valence-corrected chi connectivity index (χ1v) is 7.35. The van der Waals surface area contributed by atoms with Gasteiger partial charge < -0.3 is 20.5 Å². The van der Waals surface area contributed by atoms with E-state index in [4.69, 9.17) is 15.2 Å². The highest BCUT2D eigenvalue weighted by atomic mass is 16.5. The number of nitrogens with one attached hydrogen (secondary N) is 1. The molecule has 2 rings (SSSR count). The van der Waals surface area contributed by atoms with Gasteiger partial charge in [0.05, 0.1) is 31.9 Å². The van der Waals surface area contributed by atoms with E-state index in [-0.39, 0.29) is 23.6 Å². The van der Waals surface area contributed by atoms with Gasteiger partial charge in [-0.3, -0.25) is 9.59 Å². The van der Waals surface area contributed by atoms with Crippen molar-refractivity contribution < 1.29 is 19.1 Å². The van der Waals surface area contributed by atoms with Crippen molar-refractivity contribution in [2.75, 3.05) is 19.5 Å². The van der Waals surface area contributed by atoms with Crippen LogP contribution in [-0.4, -0.2) is 26.0 Å². The van der Waals surface area contributed by atoms with Crippen molar-refractivity contribution in [3.63, 3.8) is 0 Å². The molecular formula is C18H20N2O4. The van der Waals surface area contributed by atoms with Crippen LogP contribution in [0, 0.1) is 6.92 Å². The molecule has 0 aliphatic heterocycles. The standard InChI is InChI=1S/C18H20N2O4/c1-11-5-4-6-12(7-11)8-17(21)20-14-10-16(24-3)15(23-2)9-13(14)18(19)22/h4-7,9-10H,8H2,1-3H3,(H2,19,22)(H,20,21). The number of carbonyl (C=O) groups excluding carboxylic acids is 2. The number of hydrogen-bond donors (Lipinski definition) is 2. The maximum atomic E-state index is 12.3. The zero-order valence-electron chi connectivity index (χ0n) is 13.9. The van der Waals surface area contributed by atoms with E-state index in [1.807, 2.05) is 31.2 Å². The molecule has 2 aromatic carbocycles. The summed E-state index contributed by atoms with van der Waals surface area (Å²) in [5.41, 5.74) is 7.79. The molecule has 24 heavy (non-hydrogen) atoms. The minimum Gasteiger partial charge on any atom is -0.493 e. The maximum absolute atomic E-state index is 12.3. The van der Waals surface area contributed by atoms with Crippen molar-refractivity contribution in [2.45, 2.75) is 13.3 Å². The summed E-state index contributed by atoms with van der Waals surface area (Å²) < 4.78 is 10.3. The number of carbonyl (C=O) groups is 2. The Morgan fingerprint density at radius 2 is 1.75 bits per heavy atom. The highest BCUT2D eigenvalue weighted by Crippen LogP contribution is 2.33. The quantitative estimate of drug-likeness (QED) is 0.851. The number of rotatable bonds is 6. The number of anilines is 1. The molecule has 6 nitrogen and oxygen atoms in total. The molecule has 0 fully saturated rings. The van der Waals surface area contributed by atoms with E-state index < -0.39 is 5.91 Å². The topological polar surface area (TPSA) is 90.6 Å². The molecule has 126 valence electrons. The molecule has 0 aliphatic carbocycles. The normalized spacial score (nSPS) is 10.1. The van der Waals surface area contributed by atoms with Gasteiger partial charge in [-0.2, -0.15) is 0 Å². The molecule has 0 atom stereocenters. The van der Waals surface area contributed by atoms with Crippen molar-refractivity contribution in [2.24, 2.45) is 5.73 Å². The fourth-order valence-electron chi connectivity index (χ4n) is 2.39. The van der Waals surface area contributed by atoms with E-state index in [0.29, 0.717) is 11.5 Å². The molecule has 2 amide bonds. The predicted octanol–water partition coefficient (Wildman–Crippen LogP) is 2.29. The number of ether oxygens (including phenoxy) is 2. The van der Waals surface area contributed by atoms with Crippen LogP contribution in [0.2, 0.25) is 0 Å². The second-order valence-corrected chi connectivity index (χ2v) is 5.33. The number of primary amides is 1. The predicted molar refractivity (Wildman–Crippen MR) is 91.6 cm³/mol. The van der Waals surface area contributed by atoms with E-state index in [1.54, 1.807) is 0 Å². The Bertz CT molecular complexity index is 772. The van der Waals surface area contributed by atoms with E-state index in [2.05, 4.69) is 5.32 Å². The summed E-state index contributed by atoms with van der Waals surface area (Å²) in [7, 11) is 2.93. The lowest BCUT2D eigenvalue weighted by molar-refractivity contribution is -0.115. The number of nitrogens with two attached hydrogens (primary N) is 1. The van der Waals surface area contributed by atoms with Gasteiger partial charge >= 0.3 is 0 Å². The summed E-state index contributed by atoms with van der Waals surface area (Å²) in [4.78, 5) is 23.9. The number of aryl methyl sites for hydroxylation is 1. The van der Waals surface area contributed by atoms with Gasteiger partial charge in [0.25, 0.3) is 5.91 Å². The number of methoxy groups -OCH3 is 2. The molecule has 2 aromatic rings. The molecular weight excluding hydrogens is 308 g/mol. The Labute approximate surface area is 140 Å². The highest BCUT2D eigenvalue weighted by Gasteiger charge is 2.17. The van der Waals surface area contributed by atoms with Crippen LogP contribution < -0.4 is 20.5 Å². The lowest BCUT2D eigenvalue weighted by atomic mass is 10.1. The molecule has 0 radical (unpaired) electrons. The highest BCUT2D eigenvalue weighted by molar-refractivity contribution is 6.04. The van der Waals surface area contributed by atoms with Crippen LogP contribution >= 0.6 is 0 Å². The van der Waals surface area contributed by atoms with Crippen LogP contribution in [0.25, 0.3) is 0 Å². The molecule has 0 saturated carbocycles. The molecule has 0 aliphatic rings. The summed E-state index contributed by atoms with van der Waals surface area (Å²) in [6.45, 7) is 1.96. The molecule has 0 saturated heterocycles. The summed E-state index contributed by atoms with van der Waals surface area (Å²) in [6, 6.07) is 10.6. The largest absolute Gasteiger partial charge is 0.493 e. The average Bonchev–Trinajstić information content (AvgIpc) is 2.54. The van der Waals surface area contributed by atoms with Gasteiger partial charge in [-0.15, -0.1) is 0 Å². The Balaban J connectivity index is 2.27. The minimum absolute atomic E-state index is 0.158. The second kappa shape index (κ2) is 7.50. The molecule has 6 heteroatoms. The number of benzene rings is 2. The third kappa shape index (κ3) is 4.04. The Morgan fingerprint density at radius 1 is 1.08 bits per heavy atom. The molecule has 0 aromatic heterocycles. The Kier molecular flexibility index (Phi) is 5.42. The summed E-state index contributed by atoms with van der Waals surface area (Å²) in [6.07, 6.45) is 0.189. The number of hydrogen-bond acceptors (Lipinski definition) is 4. The summed E-state index contributed by atoms with van der Waals surface area (Å²) in [5.74, 6) is -0.159. The van der Waals surface area contributed by atoms with E-state index in [0.717, 1.165) is 11.1 Å². The van der Waals surface area contributed by atoms with Crippen molar-refractivity contribution in [1.29, 1.82) is 0 Å². The lowest BCUT2D eigenvalue weighted by Gasteiger charge is -2.14.